The number of carbonyl (C=O) groups excluding carboxylic acids is 1. The lowest BCUT2D eigenvalue weighted by molar-refractivity contribution is 0.0955. The Morgan fingerprint density at radius 1 is 0.964 bits per heavy atom. The molecule has 0 aromatic heterocycles. The van der Waals surface area contributed by atoms with Crippen molar-refractivity contribution in [1.82, 2.24) is 5.32 Å². The van der Waals surface area contributed by atoms with Gasteiger partial charge >= 0.3 is 0 Å². The van der Waals surface area contributed by atoms with Gasteiger partial charge in [-0.1, -0.05) is 38.1 Å². The second-order valence-corrected chi connectivity index (χ2v) is 6.65. The van der Waals surface area contributed by atoms with Crippen LogP contribution in [0.5, 0.6) is 0 Å². The van der Waals surface area contributed by atoms with E-state index < -0.39 is 11.1 Å². The largest absolute Gasteiger partial charge is 0.399 e. The van der Waals surface area contributed by atoms with E-state index in [1.54, 1.807) is 36.4 Å². The van der Waals surface area contributed by atoms with Gasteiger partial charge in [-0.15, -0.1) is 0 Å². The zero-order valence-electron chi connectivity index (χ0n) is 15.9. The van der Waals surface area contributed by atoms with E-state index in [2.05, 4.69) is 10.6 Å². The third-order valence-electron chi connectivity index (χ3n) is 3.97. The molecule has 1 atom stereocenters. The maximum atomic E-state index is 12.1. The van der Waals surface area contributed by atoms with Crippen molar-refractivity contribution >= 4 is 39.1 Å². The fourth-order valence-electron chi connectivity index (χ4n) is 2.70. The van der Waals surface area contributed by atoms with Gasteiger partial charge in [0.05, 0.1) is 4.90 Å². The quantitative estimate of drug-likeness (QED) is 0.286. The molecule has 0 saturated carbocycles. The Balaban J connectivity index is 0.00000136. The van der Waals surface area contributed by atoms with Crippen molar-refractivity contribution < 1.29 is 13.6 Å². The molecular weight excluding hydrogens is 374 g/mol. The minimum Gasteiger partial charge on any atom is -0.399 e. The lowest BCUT2D eigenvalue weighted by Crippen LogP contribution is -2.28. The summed E-state index contributed by atoms with van der Waals surface area (Å²) in [6.45, 7) is 4.96. The minimum atomic E-state index is -2.04. The fourth-order valence-corrected chi connectivity index (χ4v) is 3.26. The van der Waals surface area contributed by atoms with Crippen LogP contribution in [-0.2, 0) is 11.1 Å². The molecule has 0 aliphatic heterocycles. The highest BCUT2D eigenvalue weighted by atomic mass is 32.2. The van der Waals surface area contributed by atoms with Gasteiger partial charge in [-0.05, 0) is 36.4 Å². The Labute approximate surface area is 167 Å². The topological polar surface area (TPSA) is 104 Å². The van der Waals surface area contributed by atoms with Crippen LogP contribution in [0, 0.1) is 0 Å². The minimum absolute atomic E-state index is 0.164. The molecule has 0 spiro atoms. The van der Waals surface area contributed by atoms with Crippen molar-refractivity contribution in [3.63, 3.8) is 0 Å². The van der Waals surface area contributed by atoms with Crippen LogP contribution in [0.4, 0.5) is 11.4 Å². The first-order chi connectivity index (χ1) is 13.6. The van der Waals surface area contributed by atoms with Crippen LogP contribution in [0.3, 0.4) is 0 Å². The Hall–Kier alpha value is -2.90. The molecule has 0 heterocycles. The van der Waals surface area contributed by atoms with Crippen molar-refractivity contribution in [2.24, 2.45) is 0 Å². The first-order valence-electron chi connectivity index (χ1n) is 9.06. The Morgan fingerprint density at radius 3 is 2.29 bits per heavy atom. The summed E-state index contributed by atoms with van der Waals surface area (Å²) in [6.07, 6.45) is 0. The number of nitrogens with one attached hydrogen (secondary N) is 2. The molecule has 5 N–H and O–H groups in total. The van der Waals surface area contributed by atoms with Crippen molar-refractivity contribution in [3.05, 3.63) is 66.2 Å². The average Bonchev–Trinajstić information content (AvgIpc) is 2.72. The van der Waals surface area contributed by atoms with Crippen molar-refractivity contribution in [3.8, 4) is 0 Å². The van der Waals surface area contributed by atoms with Gasteiger partial charge in [0.1, 0.15) is 0 Å². The van der Waals surface area contributed by atoms with E-state index >= 15 is 0 Å². The second kappa shape index (κ2) is 10.4. The standard InChI is InChI=1S/C19H19N3O3S.C2H6/c20-14-9-7-13(8-10-14)19(23)22-12-11-21-17-5-1-4-16-15(17)3-2-6-18(16)26(24)25;1-2/h1-10,21H,11-12,20H2,(H,22,23)(H,24,25);1-2H3. The molecule has 0 aliphatic carbocycles. The maximum absolute atomic E-state index is 12.1. The molecule has 1 amide bonds. The number of hydrogen-bond donors (Lipinski definition) is 4. The summed E-state index contributed by atoms with van der Waals surface area (Å²) in [4.78, 5) is 12.4. The molecule has 3 aromatic rings. The second-order valence-electron chi connectivity index (χ2n) is 5.71. The van der Waals surface area contributed by atoms with Crippen LogP contribution in [0.15, 0.2) is 65.6 Å². The predicted molar refractivity (Wildman–Crippen MR) is 116 cm³/mol. The van der Waals surface area contributed by atoms with Gasteiger partial charge in [0.25, 0.3) is 5.91 Å². The molecule has 3 aromatic carbocycles. The molecule has 0 bridgehead atoms. The molecule has 1 unspecified atom stereocenters. The first-order valence-corrected chi connectivity index (χ1v) is 10.2. The van der Waals surface area contributed by atoms with E-state index in [0.29, 0.717) is 29.2 Å². The number of benzene rings is 3. The van der Waals surface area contributed by atoms with Gasteiger partial charge in [-0.3, -0.25) is 4.79 Å². The summed E-state index contributed by atoms with van der Waals surface area (Å²) in [5.41, 5.74) is 7.62. The molecule has 0 radical (unpaired) electrons. The lowest BCUT2D eigenvalue weighted by atomic mass is 10.1. The molecule has 3 rings (SSSR count). The van der Waals surface area contributed by atoms with Crippen LogP contribution in [0.1, 0.15) is 24.2 Å². The Kier molecular flexibility index (Phi) is 7.98. The van der Waals surface area contributed by atoms with Gasteiger partial charge in [0, 0.05) is 40.8 Å². The summed E-state index contributed by atoms with van der Waals surface area (Å²) in [6, 6.07) is 17.5. The number of hydrogen-bond acceptors (Lipinski definition) is 4. The zero-order chi connectivity index (χ0) is 20.5. The molecule has 6 nitrogen and oxygen atoms in total. The highest BCUT2D eigenvalue weighted by molar-refractivity contribution is 7.79. The smallest absolute Gasteiger partial charge is 0.251 e. The van der Waals surface area contributed by atoms with Crippen molar-refractivity contribution in [2.75, 3.05) is 24.1 Å². The Morgan fingerprint density at radius 2 is 1.61 bits per heavy atom. The highest BCUT2D eigenvalue weighted by Gasteiger charge is 2.09. The SMILES string of the molecule is CC.Nc1ccc(C(=O)NCCNc2cccc3c(S(=O)O)cccc23)cc1. The first kappa shape index (κ1) is 21.4. The number of amides is 1. The third-order valence-corrected chi connectivity index (χ3v) is 4.70. The van der Waals surface area contributed by atoms with E-state index in [4.69, 9.17) is 5.73 Å². The predicted octanol–water partition coefficient (Wildman–Crippen LogP) is 3.87. The Bertz CT molecular complexity index is 959. The van der Waals surface area contributed by atoms with Gasteiger partial charge < -0.3 is 20.9 Å². The molecule has 28 heavy (non-hydrogen) atoms. The number of rotatable bonds is 6. The number of anilines is 2. The number of carbonyl (C=O) groups is 1. The number of nitrogen functional groups attached to an aromatic ring is 1. The van der Waals surface area contributed by atoms with E-state index in [1.807, 2.05) is 38.1 Å². The van der Waals surface area contributed by atoms with Crippen molar-refractivity contribution in [1.29, 1.82) is 0 Å². The van der Waals surface area contributed by atoms with Crippen LogP contribution in [0.2, 0.25) is 0 Å². The van der Waals surface area contributed by atoms with Crippen LogP contribution < -0.4 is 16.4 Å². The summed E-state index contributed by atoms with van der Waals surface area (Å²) in [5.74, 6) is -0.164. The average molecular weight is 400 g/mol. The monoisotopic (exact) mass is 399 g/mol. The molecule has 7 heteroatoms. The van der Waals surface area contributed by atoms with Crippen LogP contribution in [0.25, 0.3) is 10.8 Å². The van der Waals surface area contributed by atoms with Gasteiger partial charge in [0.15, 0.2) is 11.1 Å². The molecular formula is C21H25N3O3S. The summed E-state index contributed by atoms with van der Waals surface area (Å²) in [7, 11) is 0. The number of nitrogens with two attached hydrogens (primary N) is 1. The van der Waals surface area contributed by atoms with E-state index in [9.17, 15) is 13.6 Å². The normalized spacial score (nSPS) is 11.2. The van der Waals surface area contributed by atoms with Gasteiger partial charge in [-0.25, -0.2) is 4.21 Å². The molecule has 0 aliphatic rings. The van der Waals surface area contributed by atoms with Gasteiger partial charge in [0.2, 0.25) is 0 Å². The molecule has 0 fully saturated rings. The lowest BCUT2D eigenvalue weighted by Gasteiger charge is -2.12. The zero-order valence-corrected chi connectivity index (χ0v) is 16.8. The summed E-state index contributed by atoms with van der Waals surface area (Å²) >= 11 is -2.04. The van der Waals surface area contributed by atoms with E-state index in [0.717, 1.165) is 16.5 Å². The van der Waals surface area contributed by atoms with Crippen molar-refractivity contribution in [2.45, 2.75) is 18.7 Å². The third kappa shape index (κ3) is 5.31. The molecule has 148 valence electrons. The number of fused-ring (bicyclic) bond motifs is 1. The van der Waals surface area contributed by atoms with E-state index in [1.165, 1.54) is 0 Å². The molecule has 0 saturated heterocycles. The summed E-state index contributed by atoms with van der Waals surface area (Å²) < 4.78 is 20.9. The fraction of sp³-hybridized carbons (Fsp3) is 0.190. The van der Waals surface area contributed by atoms with Gasteiger partial charge in [-0.2, -0.15) is 0 Å². The highest BCUT2D eigenvalue weighted by Crippen LogP contribution is 2.27. The van der Waals surface area contributed by atoms with Crippen LogP contribution >= 0.6 is 0 Å². The van der Waals surface area contributed by atoms with Crippen LogP contribution in [-0.4, -0.2) is 27.8 Å². The summed E-state index contributed by atoms with van der Waals surface area (Å²) in [5, 5.41) is 7.67. The van der Waals surface area contributed by atoms with E-state index in [-0.39, 0.29) is 5.91 Å². The maximum Gasteiger partial charge on any atom is 0.251 e.